The van der Waals surface area contributed by atoms with Gasteiger partial charge in [-0.1, -0.05) is 57.3 Å². The van der Waals surface area contributed by atoms with Crippen molar-refractivity contribution in [3.05, 3.63) is 68.1 Å². The first-order chi connectivity index (χ1) is 10.0. The molecule has 0 fully saturated rings. The maximum absolute atomic E-state index is 11.7. The number of benzene rings is 2. The molecule has 0 bridgehead atoms. The van der Waals surface area contributed by atoms with Crippen molar-refractivity contribution in [3.63, 3.8) is 0 Å². The van der Waals surface area contributed by atoms with Crippen molar-refractivity contribution in [2.75, 3.05) is 0 Å². The van der Waals surface area contributed by atoms with Gasteiger partial charge in [0.15, 0.2) is 0 Å². The number of hydrogen-bond acceptors (Lipinski definition) is 2. The van der Waals surface area contributed by atoms with Crippen molar-refractivity contribution in [3.8, 4) is 0 Å². The van der Waals surface area contributed by atoms with Gasteiger partial charge in [0.05, 0.1) is 22.7 Å². The molecule has 0 radical (unpaired) electrons. The second-order valence-electron chi connectivity index (χ2n) is 4.27. The lowest BCUT2D eigenvalue weighted by Gasteiger charge is -2.01. The van der Waals surface area contributed by atoms with Crippen LogP contribution in [-0.2, 0) is 11.2 Å². The summed E-state index contributed by atoms with van der Waals surface area (Å²) < 4.78 is 0.976. The molecule has 3 nitrogen and oxygen atoms in total. The van der Waals surface area contributed by atoms with Crippen molar-refractivity contribution < 1.29 is 4.79 Å². The van der Waals surface area contributed by atoms with Crippen LogP contribution in [0, 0.1) is 0 Å². The molecular weight excluding hydrogens is 375 g/mol. The Bertz CT molecular complexity index is 672. The van der Waals surface area contributed by atoms with E-state index in [1.54, 1.807) is 18.2 Å². The Hall–Kier alpha value is -1.36. The summed E-state index contributed by atoms with van der Waals surface area (Å²) in [6, 6.07) is 12.7. The Morgan fingerprint density at radius 1 is 1.14 bits per heavy atom. The van der Waals surface area contributed by atoms with E-state index < -0.39 is 0 Å². The number of halogens is 3. The molecule has 0 saturated heterocycles. The van der Waals surface area contributed by atoms with E-state index in [-0.39, 0.29) is 12.3 Å². The van der Waals surface area contributed by atoms with Gasteiger partial charge in [0.25, 0.3) is 0 Å². The Kier molecular flexibility index (Phi) is 5.79. The molecule has 0 spiro atoms. The highest BCUT2D eigenvalue weighted by Crippen LogP contribution is 2.21. The average Bonchev–Trinajstić information content (AvgIpc) is 2.45. The predicted octanol–water partition coefficient (Wildman–Crippen LogP) is 4.45. The lowest BCUT2D eigenvalue weighted by atomic mass is 10.1. The van der Waals surface area contributed by atoms with Gasteiger partial charge in [0, 0.05) is 4.47 Å². The molecule has 0 atom stereocenters. The number of nitrogens with zero attached hydrogens (tertiary/aromatic N) is 1. The van der Waals surface area contributed by atoms with Crippen LogP contribution in [0.15, 0.2) is 52.0 Å². The minimum atomic E-state index is -0.186. The van der Waals surface area contributed by atoms with E-state index in [9.17, 15) is 4.79 Å². The van der Waals surface area contributed by atoms with Gasteiger partial charge in [0.1, 0.15) is 0 Å². The number of carbonyl (C=O) groups excluding carboxylic acids is 1. The molecule has 1 amide bonds. The Morgan fingerprint density at radius 3 is 2.52 bits per heavy atom. The maximum Gasteiger partial charge on any atom is 0.244 e. The van der Waals surface area contributed by atoms with E-state index in [0.29, 0.717) is 10.0 Å². The van der Waals surface area contributed by atoms with Gasteiger partial charge in [-0.3, -0.25) is 4.79 Å². The molecule has 0 saturated carbocycles. The fourth-order valence-electron chi connectivity index (χ4n) is 1.60. The lowest BCUT2D eigenvalue weighted by Crippen LogP contribution is -2.19. The third kappa shape index (κ3) is 5.16. The largest absolute Gasteiger partial charge is 0.273 e. The van der Waals surface area contributed by atoms with Crippen LogP contribution in [-0.4, -0.2) is 12.1 Å². The summed E-state index contributed by atoms with van der Waals surface area (Å²) >= 11 is 15.1. The van der Waals surface area contributed by atoms with Gasteiger partial charge >= 0.3 is 0 Å². The van der Waals surface area contributed by atoms with E-state index in [1.807, 2.05) is 24.3 Å². The molecule has 0 unspecified atom stereocenters. The van der Waals surface area contributed by atoms with Crippen molar-refractivity contribution in [1.29, 1.82) is 0 Å². The van der Waals surface area contributed by atoms with Gasteiger partial charge in [-0.25, -0.2) is 5.43 Å². The molecule has 2 aromatic rings. The second-order valence-corrected chi connectivity index (χ2v) is 6.00. The molecule has 0 heterocycles. The molecule has 2 aromatic carbocycles. The molecule has 0 aliphatic rings. The van der Waals surface area contributed by atoms with Crippen LogP contribution in [0.5, 0.6) is 0 Å². The highest BCUT2D eigenvalue weighted by molar-refractivity contribution is 9.10. The van der Waals surface area contributed by atoms with Crippen LogP contribution >= 0.6 is 39.1 Å². The monoisotopic (exact) mass is 384 g/mol. The molecular formula is C15H11BrCl2N2O. The Balaban J connectivity index is 1.89. The molecule has 21 heavy (non-hydrogen) atoms. The van der Waals surface area contributed by atoms with Crippen molar-refractivity contribution in [1.82, 2.24) is 5.43 Å². The van der Waals surface area contributed by atoms with Gasteiger partial charge in [0.2, 0.25) is 5.91 Å². The number of amides is 1. The average molecular weight is 386 g/mol. The summed E-state index contributed by atoms with van der Waals surface area (Å²) in [5.41, 5.74) is 4.15. The summed E-state index contributed by atoms with van der Waals surface area (Å²) in [5.74, 6) is -0.186. The van der Waals surface area contributed by atoms with E-state index in [1.165, 1.54) is 6.21 Å². The zero-order valence-corrected chi connectivity index (χ0v) is 13.9. The van der Waals surface area contributed by atoms with Gasteiger partial charge in [-0.05, 0) is 35.4 Å². The van der Waals surface area contributed by atoms with Crippen LogP contribution in [0.4, 0.5) is 0 Å². The zero-order chi connectivity index (χ0) is 15.2. The van der Waals surface area contributed by atoms with E-state index >= 15 is 0 Å². The van der Waals surface area contributed by atoms with Crippen LogP contribution in [0.1, 0.15) is 11.1 Å². The molecule has 2 rings (SSSR count). The number of nitrogens with one attached hydrogen (secondary N) is 1. The van der Waals surface area contributed by atoms with Crippen molar-refractivity contribution >= 4 is 51.3 Å². The molecule has 0 aromatic heterocycles. The second kappa shape index (κ2) is 7.59. The highest BCUT2D eigenvalue weighted by atomic mass is 79.9. The topological polar surface area (TPSA) is 41.5 Å². The third-order valence-corrected chi connectivity index (χ3v) is 3.89. The number of rotatable bonds is 4. The molecule has 6 heteroatoms. The third-order valence-electron chi connectivity index (χ3n) is 2.62. The number of carbonyl (C=O) groups is 1. The standard InChI is InChI=1S/C15H11BrCl2N2O/c16-12-4-1-10(2-5-12)8-15(21)20-19-9-11-3-6-13(17)14(18)7-11/h1-7,9H,8H2,(H,20,21)/b19-9+. The molecule has 0 aliphatic carbocycles. The van der Waals surface area contributed by atoms with Gasteiger partial charge in [-0.15, -0.1) is 0 Å². The summed E-state index contributed by atoms with van der Waals surface area (Å²) in [7, 11) is 0. The minimum absolute atomic E-state index is 0.186. The van der Waals surface area contributed by atoms with Gasteiger partial charge in [-0.2, -0.15) is 5.10 Å². The summed E-state index contributed by atoms with van der Waals surface area (Å²) in [5, 5.41) is 4.82. The van der Waals surface area contributed by atoms with Gasteiger partial charge < -0.3 is 0 Å². The first kappa shape index (κ1) is 16.0. The summed E-state index contributed by atoms with van der Waals surface area (Å²) in [6.07, 6.45) is 1.79. The number of hydrazone groups is 1. The van der Waals surface area contributed by atoms with E-state index in [0.717, 1.165) is 15.6 Å². The smallest absolute Gasteiger partial charge is 0.244 e. The Morgan fingerprint density at radius 2 is 1.86 bits per heavy atom. The first-order valence-corrected chi connectivity index (χ1v) is 7.61. The molecule has 0 aliphatic heterocycles. The predicted molar refractivity (Wildman–Crippen MR) is 90.0 cm³/mol. The lowest BCUT2D eigenvalue weighted by molar-refractivity contribution is -0.120. The van der Waals surface area contributed by atoms with Crippen LogP contribution < -0.4 is 5.43 Å². The fourth-order valence-corrected chi connectivity index (χ4v) is 2.17. The normalized spacial score (nSPS) is 10.8. The Labute approximate surface area is 141 Å². The van der Waals surface area contributed by atoms with Crippen LogP contribution in [0.2, 0.25) is 10.0 Å². The summed E-state index contributed by atoms with van der Waals surface area (Å²) in [4.78, 5) is 11.7. The number of hydrogen-bond donors (Lipinski definition) is 1. The maximum atomic E-state index is 11.7. The highest BCUT2D eigenvalue weighted by Gasteiger charge is 2.02. The zero-order valence-electron chi connectivity index (χ0n) is 10.8. The SMILES string of the molecule is O=C(Cc1ccc(Br)cc1)N/N=C/c1ccc(Cl)c(Cl)c1. The molecule has 108 valence electrons. The minimum Gasteiger partial charge on any atom is -0.273 e. The van der Waals surface area contributed by atoms with E-state index in [2.05, 4.69) is 26.5 Å². The van der Waals surface area contributed by atoms with Crippen LogP contribution in [0.3, 0.4) is 0 Å². The molecule has 1 N–H and O–H groups in total. The van der Waals surface area contributed by atoms with E-state index in [4.69, 9.17) is 23.2 Å². The van der Waals surface area contributed by atoms with Crippen molar-refractivity contribution in [2.45, 2.75) is 6.42 Å². The fraction of sp³-hybridized carbons (Fsp3) is 0.0667. The first-order valence-electron chi connectivity index (χ1n) is 6.06. The quantitative estimate of drug-likeness (QED) is 0.613. The van der Waals surface area contributed by atoms with Crippen molar-refractivity contribution in [2.24, 2.45) is 5.10 Å². The van der Waals surface area contributed by atoms with Crippen LogP contribution in [0.25, 0.3) is 0 Å². The summed E-state index contributed by atoms with van der Waals surface area (Å²) in [6.45, 7) is 0.